The van der Waals surface area contributed by atoms with Gasteiger partial charge in [0.05, 0.1) is 12.1 Å². The summed E-state index contributed by atoms with van der Waals surface area (Å²) in [4.78, 5) is 0. The Labute approximate surface area is 72.9 Å². The average molecular weight is 162 g/mol. The summed E-state index contributed by atoms with van der Waals surface area (Å²) in [5, 5.41) is 0. The van der Waals surface area contributed by atoms with E-state index in [0.717, 1.165) is 22.3 Å². The first kappa shape index (κ1) is 8.97. The molecule has 0 aromatic heterocycles. The van der Waals surface area contributed by atoms with Crippen LogP contribution < -0.4 is 11.5 Å². The van der Waals surface area contributed by atoms with Gasteiger partial charge in [0.25, 0.3) is 0 Å². The van der Waals surface area contributed by atoms with Crippen molar-refractivity contribution in [3.05, 3.63) is 48.6 Å². The molecule has 0 saturated heterocycles. The summed E-state index contributed by atoms with van der Waals surface area (Å²) in [7, 11) is 0. The minimum Gasteiger partial charge on any atom is -0.320 e. The molecule has 0 aliphatic heterocycles. The Morgan fingerprint density at radius 3 is 1.00 bits per heavy atom. The van der Waals surface area contributed by atoms with Crippen LogP contribution in [0.2, 0.25) is 0 Å². The third kappa shape index (κ3) is 1.05. The van der Waals surface area contributed by atoms with Crippen LogP contribution in [0.3, 0.4) is 0 Å². The maximum Gasteiger partial charge on any atom is 0.0546 e. The second kappa shape index (κ2) is 2.73. The lowest BCUT2D eigenvalue weighted by Crippen LogP contribution is -2.40. The van der Waals surface area contributed by atoms with E-state index >= 15 is 0 Å². The molecule has 0 aromatic carbocycles. The molecule has 2 nitrogen and oxygen atoms in total. The fourth-order valence-corrected chi connectivity index (χ4v) is 1.22. The molecule has 0 radical (unpaired) electrons. The Hall–Kier alpha value is -1.12. The van der Waals surface area contributed by atoms with E-state index in [1.54, 1.807) is 0 Å². The monoisotopic (exact) mass is 162 g/mol. The largest absolute Gasteiger partial charge is 0.320 e. The van der Waals surface area contributed by atoms with E-state index in [0.29, 0.717) is 0 Å². The molecular weight excluding hydrogens is 148 g/mol. The van der Waals surface area contributed by atoms with E-state index < -0.39 is 0 Å². The highest BCUT2D eigenvalue weighted by molar-refractivity contribution is 5.56. The molecular formula is C10H14N2. The number of nitrogens with two attached hydrogens (primary N) is 2. The fourth-order valence-electron chi connectivity index (χ4n) is 1.22. The number of hydrogen-bond acceptors (Lipinski definition) is 2. The molecule has 0 atom stereocenters. The van der Waals surface area contributed by atoms with Gasteiger partial charge in [-0.2, -0.15) is 0 Å². The SMILES string of the molecule is C=C1C(=C)C(N)C(=C)C(=C)C1N. The minimum absolute atomic E-state index is 0.259. The first-order chi connectivity index (χ1) is 5.46. The van der Waals surface area contributed by atoms with Gasteiger partial charge < -0.3 is 11.5 Å². The highest BCUT2D eigenvalue weighted by Crippen LogP contribution is 2.30. The highest BCUT2D eigenvalue weighted by Gasteiger charge is 2.28. The van der Waals surface area contributed by atoms with Crippen LogP contribution in [-0.4, -0.2) is 12.1 Å². The fraction of sp³-hybridized carbons (Fsp3) is 0.200. The standard InChI is InChI=1S/C10H14N2/c1-5-6(2)10(12)8(4)7(3)9(5)11/h9-10H,1-4,11-12H2. The zero-order valence-corrected chi connectivity index (χ0v) is 7.14. The Kier molecular flexibility index (Phi) is 2.04. The first-order valence-electron chi connectivity index (χ1n) is 3.74. The first-order valence-corrected chi connectivity index (χ1v) is 3.74. The maximum atomic E-state index is 5.79. The van der Waals surface area contributed by atoms with Crippen molar-refractivity contribution in [2.75, 3.05) is 0 Å². The van der Waals surface area contributed by atoms with E-state index in [-0.39, 0.29) is 12.1 Å². The van der Waals surface area contributed by atoms with Gasteiger partial charge in [0, 0.05) is 0 Å². The summed E-state index contributed by atoms with van der Waals surface area (Å²) in [6.07, 6.45) is 0. The van der Waals surface area contributed by atoms with Crippen LogP contribution >= 0.6 is 0 Å². The average Bonchev–Trinajstić information content (AvgIpc) is 2.08. The topological polar surface area (TPSA) is 52.0 Å². The Bertz CT molecular complexity index is 228. The van der Waals surface area contributed by atoms with Crippen molar-refractivity contribution in [1.82, 2.24) is 0 Å². The molecule has 0 aromatic rings. The molecule has 0 amide bonds. The molecule has 64 valence electrons. The predicted octanol–water partition coefficient (Wildman–Crippen LogP) is 0.879. The van der Waals surface area contributed by atoms with Gasteiger partial charge in [0.15, 0.2) is 0 Å². The molecule has 0 spiro atoms. The van der Waals surface area contributed by atoms with Gasteiger partial charge in [-0.1, -0.05) is 26.3 Å². The Balaban J connectivity index is 3.07. The number of hydrogen-bond donors (Lipinski definition) is 2. The van der Waals surface area contributed by atoms with Crippen molar-refractivity contribution < 1.29 is 0 Å². The number of rotatable bonds is 0. The molecule has 1 fully saturated rings. The van der Waals surface area contributed by atoms with E-state index in [1.807, 2.05) is 0 Å². The van der Waals surface area contributed by atoms with E-state index in [9.17, 15) is 0 Å². The summed E-state index contributed by atoms with van der Waals surface area (Å²) in [6.45, 7) is 15.2. The molecule has 0 bridgehead atoms. The smallest absolute Gasteiger partial charge is 0.0546 e. The molecule has 2 heteroatoms. The van der Waals surface area contributed by atoms with Crippen molar-refractivity contribution in [2.45, 2.75) is 12.1 Å². The molecule has 1 rings (SSSR count). The van der Waals surface area contributed by atoms with Crippen LogP contribution in [0.1, 0.15) is 0 Å². The summed E-state index contributed by atoms with van der Waals surface area (Å²) < 4.78 is 0. The van der Waals surface area contributed by atoms with Crippen LogP contribution in [0.25, 0.3) is 0 Å². The lowest BCUT2D eigenvalue weighted by molar-refractivity contribution is 0.775. The Morgan fingerprint density at radius 2 is 0.833 bits per heavy atom. The van der Waals surface area contributed by atoms with Crippen LogP contribution in [0.4, 0.5) is 0 Å². The van der Waals surface area contributed by atoms with Gasteiger partial charge in [0.1, 0.15) is 0 Å². The Morgan fingerprint density at radius 1 is 0.667 bits per heavy atom. The molecule has 0 unspecified atom stereocenters. The zero-order chi connectivity index (χ0) is 9.46. The van der Waals surface area contributed by atoms with E-state index in [4.69, 9.17) is 11.5 Å². The normalized spacial score (nSPS) is 31.2. The quantitative estimate of drug-likeness (QED) is 0.555. The van der Waals surface area contributed by atoms with Crippen molar-refractivity contribution in [1.29, 1.82) is 0 Å². The predicted molar refractivity (Wildman–Crippen MR) is 52.5 cm³/mol. The van der Waals surface area contributed by atoms with Crippen LogP contribution in [0.15, 0.2) is 48.6 Å². The van der Waals surface area contributed by atoms with Gasteiger partial charge in [-0.05, 0) is 22.3 Å². The minimum atomic E-state index is -0.259. The van der Waals surface area contributed by atoms with Crippen LogP contribution in [0.5, 0.6) is 0 Å². The van der Waals surface area contributed by atoms with Crippen molar-refractivity contribution >= 4 is 0 Å². The molecule has 4 N–H and O–H groups in total. The third-order valence-electron chi connectivity index (χ3n) is 2.33. The van der Waals surface area contributed by atoms with Crippen molar-refractivity contribution in [3.8, 4) is 0 Å². The lowest BCUT2D eigenvalue weighted by atomic mass is 9.78. The second-order valence-corrected chi connectivity index (χ2v) is 3.06. The summed E-state index contributed by atoms with van der Waals surface area (Å²) in [5.41, 5.74) is 14.6. The van der Waals surface area contributed by atoms with Crippen LogP contribution in [-0.2, 0) is 0 Å². The van der Waals surface area contributed by atoms with Crippen molar-refractivity contribution in [2.24, 2.45) is 11.5 Å². The zero-order valence-electron chi connectivity index (χ0n) is 7.14. The van der Waals surface area contributed by atoms with Gasteiger partial charge in [-0.3, -0.25) is 0 Å². The van der Waals surface area contributed by atoms with Gasteiger partial charge >= 0.3 is 0 Å². The highest BCUT2D eigenvalue weighted by atomic mass is 14.7. The summed E-state index contributed by atoms with van der Waals surface area (Å²) >= 11 is 0. The maximum absolute atomic E-state index is 5.79. The van der Waals surface area contributed by atoms with Gasteiger partial charge in [0.2, 0.25) is 0 Å². The summed E-state index contributed by atoms with van der Waals surface area (Å²) in [5.74, 6) is 0. The molecule has 1 aliphatic rings. The molecule has 0 heterocycles. The van der Waals surface area contributed by atoms with Gasteiger partial charge in [-0.25, -0.2) is 0 Å². The van der Waals surface area contributed by atoms with Crippen LogP contribution in [0, 0.1) is 0 Å². The third-order valence-corrected chi connectivity index (χ3v) is 2.33. The molecule has 1 aliphatic carbocycles. The molecule has 1 saturated carbocycles. The second-order valence-electron chi connectivity index (χ2n) is 3.06. The molecule has 12 heavy (non-hydrogen) atoms. The van der Waals surface area contributed by atoms with E-state index in [1.165, 1.54) is 0 Å². The van der Waals surface area contributed by atoms with Crippen molar-refractivity contribution in [3.63, 3.8) is 0 Å². The van der Waals surface area contributed by atoms with Gasteiger partial charge in [-0.15, -0.1) is 0 Å². The van der Waals surface area contributed by atoms with E-state index in [2.05, 4.69) is 26.3 Å². The lowest BCUT2D eigenvalue weighted by Gasteiger charge is -2.32. The summed E-state index contributed by atoms with van der Waals surface area (Å²) in [6, 6.07) is -0.519.